The molecule has 0 spiro atoms. The van der Waals surface area contributed by atoms with Gasteiger partial charge in [0.05, 0.1) is 33.1 Å². The van der Waals surface area contributed by atoms with Crippen LogP contribution in [0, 0.1) is 6.92 Å². The number of amides is 2. The van der Waals surface area contributed by atoms with Gasteiger partial charge in [-0.25, -0.2) is 4.68 Å². The van der Waals surface area contributed by atoms with Crippen molar-refractivity contribution in [1.82, 2.24) is 9.78 Å². The molecule has 0 fully saturated rings. The number of benzene rings is 3. The molecule has 0 saturated heterocycles. The number of carbonyl (C=O) groups excluding carboxylic acids is 2. The van der Waals surface area contributed by atoms with E-state index in [0.29, 0.717) is 51.3 Å². The molecule has 0 bridgehead atoms. The van der Waals surface area contributed by atoms with Crippen molar-refractivity contribution in [3.05, 3.63) is 101 Å². The fourth-order valence-corrected chi connectivity index (χ4v) is 4.75. The molecule has 0 saturated carbocycles. The molecule has 0 radical (unpaired) electrons. The molecule has 1 unspecified atom stereocenters. The van der Waals surface area contributed by atoms with Crippen LogP contribution in [0.2, 0.25) is 0 Å². The number of hydrogen-bond donors (Lipinski definition) is 3. The number of nitrogens with one attached hydrogen (secondary N) is 3. The van der Waals surface area contributed by atoms with E-state index < -0.39 is 6.04 Å². The van der Waals surface area contributed by atoms with Crippen molar-refractivity contribution in [1.29, 1.82) is 0 Å². The number of rotatable bonds is 8. The van der Waals surface area contributed by atoms with Gasteiger partial charge in [-0.15, -0.1) is 0 Å². The summed E-state index contributed by atoms with van der Waals surface area (Å²) in [5, 5.41) is 13.7. The predicted molar refractivity (Wildman–Crippen MR) is 157 cm³/mol. The summed E-state index contributed by atoms with van der Waals surface area (Å²) in [6, 6.07) is 19.4. The molecule has 1 aliphatic rings. The smallest absolute Gasteiger partial charge is 0.261 e. The summed E-state index contributed by atoms with van der Waals surface area (Å²) < 4.78 is 17.8. The first-order chi connectivity index (χ1) is 19.8. The highest BCUT2D eigenvalue weighted by atomic mass is 16.5. The molecule has 1 aliphatic heterocycles. The Kier molecular flexibility index (Phi) is 7.64. The highest BCUT2D eigenvalue weighted by molar-refractivity contribution is 6.09. The fraction of sp³-hybridized carbons (Fsp3) is 0.194. The van der Waals surface area contributed by atoms with E-state index in [-0.39, 0.29) is 11.8 Å². The minimum atomic E-state index is -0.676. The van der Waals surface area contributed by atoms with Gasteiger partial charge in [-0.1, -0.05) is 23.8 Å². The maximum Gasteiger partial charge on any atom is 0.261 e. The van der Waals surface area contributed by atoms with Gasteiger partial charge in [0.2, 0.25) is 0 Å². The molecule has 3 aromatic carbocycles. The van der Waals surface area contributed by atoms with Crippen LogP contribution in [0.4, 0.5) is 17.2 Å². The highest BCUT2D eigenvalue weighted by Gasteiger charge is 2.36. The van der Waals surface area contributed by atoms with Crippen LogP contribution in [-0.4, -0.2) is 42.9 Å². The van der Waals surface area contributed by atoms with Gasteiger partial charge in [-0.2, -0.15) is 5.10 Å². The Morgan fingerprint density at radius 2 is 1.44 bits per heavy atom. The summed E-state index contributed by atoms with van der Waals surface area (Å²) in [5.74, 6) is 1.54. The molecule has 10 nitrogen and oxygen atoms in total. The first kappa shape index (κ1) is 27.3. The number of allylic oxidation sites excluding steroid dienone is 1. The summed E-state index contributed by atoms with van der Waals surface area (Å²) in [6.07, 6.45) is 1.50. The van der Waals surface area contributed by atoms with Crippen LogP contribution in [-0.2, 0) is 4.79 Å². The number of anilines is 3. The highest BCUT2D eigenvalue weighted by Crippen LogP contribution is 2.40. The molecule has 41 heavy (non-hydrogen) atoms. The molecule has 0 aliphatic carbocycles. The van der Waals surface area contributed by atoms with Crippen molar-refractivity contribution in [2.24, 2.45) is 0 Å². The standard InChI is InChI=1S/C31H31N5O5/c1-18-6-9-21(10-7-18)34-30(37)24-17-32-36-28(20-8-15-25(40-4)26(16-20)41-5)27(19(2)33-29(24)36)31(38)35-22-11-13-23(39-3)14-12-22/h6-17,28,33H,1-5H3,(H,34,37)(H,35,38). The van der Waals surface area contributed by atoms with Gasteiger partial charge in [0.25, 0.3) is 11.8 Å². The van der Waals surface area contributed by atoms with Crippen molar-refractivity contribution in [3.8, 4) is 17.2 Å². The first-order valence-electron chi connectivity index (χ1n) is 12.9. The second kappa shape index (κ2) is 11.5. The monoisotopic (exact) mass is 553 g/mol. The number of carbonyl (C=O) groups is 2. The van der Waals surface area contributed by atoms with Gasteiger partial charge in [0, 0.05) is 17.1 Å². The third-order valence-electron chi connectivity index (χ3n) is 6.89. The van der Waals surface area contributed by atoms with Gasteiger partial charge >= 0.3 is 0 Å². The summed E-state index contributed by atoms with van der Waals surface area (Å²) in [6.45, 7) is 3.78. The Morgan fingerprint density at radius 1 is 0.805 bits per heavy atom. The second-order valence-corrected chi connectivity index (χ2v) is 9.53. The zero-order valence-corrected chi connectivity index (χ0v) is 23.4. The van der Waals surface area contributed by atoms with E-state index in [4.69, 9.17) is 14.2 Å². The number of aromatic nitrogens is 2. The number of aryl methyl sites for hydroxylation is 1. The average Bonchev–Trinajstić information content (AvgIpc) is 3.41. The number of fused-ring (bicyclic) bond motifs is 1. The van der Waals surface area contributed by atoms with Crippen molar-refractivity contribution < 1.29 is 23.8 Å². The van der Waals surface area contributed by atoms with Gasteiger partial charge in [0.15, 0.2) is 11.5 Å². The number of nitrogens with zero attached hydrogens (tertiary/aromatic N) is 2. The van der Waals surface area contributed by atoms with Crippen LogP contribution < -0.4 is 30.2 Å². The maximum absolute atomic E-state index is 13.8. The summed E-state index contributed by atoms with van der Waals surface area (Å²) in [7, 11) is 4.69. The molecular weight excluding hydrogens is 522 g/mol. The molecule has 1 aromatic heterocycles. The molecule has 1 atom stereocenters. The number of ether oxygens (including phenoxy) is 3. The van der Waals surface area contributed by atoms with E-state index in [1.807, 2.05) is 37.3 Å². The molecule has 2 heterocycles. The normalized spacial score (nSPS) is 14.0. The van der Waals surface area contributed by atoms with E-state index >= 15 is 0 Å². The molecule has 4 aromatic rings. The zero-order chi connectivity index (χ0) is 29.1. The van der Waals surface area contributed by atoms with Crippen LogP contribution in [0.15, 0.2) is 84.2 Å². The topological polar surface area (TPSA) is 116 Å². The molecule has 5 rings (SSSR count). The Balaban J connectivity index is 1.55. The number of methoxy groups -OCH3 is 3. The van der Waals surface area contributed by atoms with E-state index in [1.165, 1.54) is 6.20 Å². The second-order valence-electron chi connectivity index (χ2n) is 9.53. The van der Waals surface area contributed by atoms with E-state index in [0.717, 1.165) is 11.1 Å². The van der Waals surface area contributed by atoms with Gasteiger partial charge < -0.3 is 30.2 Å². The van der Waals surface area contributed by atoms with E-state index in [1.54, 1.807) is 69.3 Å². The Morgan fingerprint density at radius 3 is 2.07 bits per heavy atom. The van der Waals surface area contributed by atoms with Crippen molar-refractivity contribution in [2.75, 3.05) is 37.3 Å². The SMILES string of the molecule is COc1ccc(NC(=O)C2=C(C)Nc3c(C(=O)Nc4ccc(C)cc4)cnn3C2c2ccc(OC)c(OC)c2)cc1. The van der Waals surface area contributed by atoms with Crippen molar-refractivity contribution >= 4 is 29.0 Å². The Hall–Kier alpha value is -5.25. The largest absolute Gasteiger partial charge is 0.497 e. The molecule has 2 amide bonds. The van der Waals surface area contributed by atoms with Gasteiger partial charge in [-0.3, -0.25) is 9.59 Å². The Labute approximate surface area is 237 Å². The van der Waals surface area contributed by atoms with Crippen molar-refractivity contribution in [3.63, 3.8) is 0 Å². The van der Waals surface area contributed by atoms with Gasteiger partial charge in [0.1, 0.15) is 23.2 Å². The van der Waals surface area contributed by atoms with Gasteiger partial charge in [-0.05, 0) is 67.9 Å². The van der Waals surface area contributed by atoms with Crippen LogP contribution in [0.1, 0.15) is 34.5 Å². The molecular formula is C31H31N5O5. The third-order valence-corrected chi connectivity index (χ3v) is 6.89. The Bertz CT molecular complexity index is 1620. The molecule has 210 valence electrons. The molecule has 3 N–H and O–H groups in total. The lowest BCUT2D eigenvalue weighted by Crippen LogP contribution is -2.32. The lowest BCUT2D eigenvalue weighted by atomic mass is 9.94. The summed E-state index contributed by atoms with van der Waals surface area (Å²) in [5.41, 5.74) is 4.42. The third kappa shape index (κ3) is 5.44. The van der Waals surface area contributed by atoms with Crippen LogP contribution in [0.3, 0.4) is 0 Å². The van der Waals surface area contributed by atoms with E-state index in [2.05, 4.69) is 21.0 Å². The minimum Gasteiger partial charge on any atom is -0.497 e. The summed E-state index contributed by atoms with van der Waals surface area (Å²) >= 11 is 0. The molecule has 10 heteroatoms. The summed E-state index contributed by atoms with van der Waals surface area (Å²) in [4.78, 5) is 27.1. The maximum atomic E-state index is 13.8. The lowest BCUT2D eigenvalue weighted by Gasteiger charge is -2.30. The number of hydrogen-bond acceptors (Lipinski definition) is 7. The van der Waals surface area contributed by atoms with Crippen LogP contribution in [0.5, 0.6) is 17.2 Å². The van der Waals surface area contributed by atoms with E-state index in [9.17, 15) is 9.59 Å². The lowest BCUT2D eigenvalue weighted by molar-refractivity contribution is -0.113. The predicted octanol–water partition coefficient (Wildman–Crippen LogP) is 5.40. The van der Waals surface area contributed by atoms with Crippen LogP contribution >= 0.6 is 0 Å². The van der Waals surface area contributed by atoms with Crippen molar-refractivity contribution in [2.45, 2.75) is 19.9 Å². The minimum absolute atomic E-state index is 0.326. The fourth-order valence-electron chi connectivity index (χ4n) is 4.75. The zero-order valence-electron chi connectivity index (χ0n) is 23.4. The van der Waals surface area contributed by atoms with Crippen LogP contribution in [0.25, 0.3) is 0 Å². The average molecular weight is 554 g/mol. The first-order valence-corrected chi connectivity index (χ1v) is 12.9. The quantitative estimate of drug-likeness (QED) is 0.268.